The van der Waals surface area contributed by atoms with E-state index in [1.807, 2.05) is 0 Å². The van der Waals surface area contributed by atoms with Gasteiger partial charge in [-0.15, -0.1) is 0 Å². The van der Waals surface area contributed by atoms with E-state index >= 15 is 0 Å². The highest BCUT2D eigenvalue weighted by molar-refractivity contribution is 5.64. The molecule has 1 heterocycles. The van der Waals surface area contributed by atoms with Crippen molar-refractivity contribution >= 4 is 5.69 Å². The summed E-state index contributed by atoms with van der Waals surface area (Å²) >= 11 is 0. The summed E-state index contributed by atoms with van der Waals surface area (Å²) in [4.78, 5) is 7.99. The second-order valence-electron chi connectivity index (χ2n) is 21.4. The van der Waals surface area contributed by atoms with Crippen LogP contribution in [0.15, 0.2) is 250 Å². The minimum absolute atomic E-state index is 0.309. The van der Waals surface area contributed by atoms with Crippen molar-refractivity contribution in [1.82, 2.24) is 9.80 Å². The molecular weight excluding hydrogens is 847 g/mol. The molecule has 0 spiro atoms. The molecule has 0 N–H and O–H groups in total. The second kappa shape index (κ2) is 20.2. The number of benzene rings is 1. The van der Waals surface area contributed by atoms with Crippen LogP contribution in [-0.2, 0) is 0 Å². The van der Waals surface area contributed by atoms with Gasteiger partial charge in [0.15, 0.2) is 0 Å². The summed E-state index contributed by atoms with van der Waals surface area (Å²) in [7, 11) is 0. The summed E-state index contributed by atoms with van der Waals surface area (Å²) in [5, 5.41) is 0. The number of nitrogens with zero attached hydrogens (tertiary/aromatic N) is 3. The zero-order valence-electron chi connectivity index (χ0n) is 41.4. The molecule has 1 aromatic rings. The third-order valence-corrected chi connectivity index (χ3v) is 17.0. The highest BCUT2D eigenvalue weighted by atomic mass is 15.2. The third-order valence-electron chi connectivity index (χ3n) is 17.0. The lowest BCUT2D eigenvalue weighted by Crippen LogP contribution is -2.36. The zero-order chi connectivity index (χ0) is 46.8. The van der Waals surface area contributed by atoms with Gasteiger partial charge in [-0.05, 0) is 185 Å². The molecule has 1 aliphatic heterocycles. The van der Waals surface area contributed by atoms with E-state index < -0.39 is 0 Å². The van der Waals surface area contributed by atoms with Crippen LogP contribution in [0.3, 0.4) is 0 Å². The Morgan fingerprint density at radius 2 is 1.41 bits per heavy atom. The summed E-state index contributed by atoms with van der Waals surface area (Å²) in [6.45, 7) is 2.38. The van der Waals surface area contributed by atoms with Gasteiger partial charge in [-0.1, -0.05) is 146 Å². The largest absolute Gasteiger partial charge is 0.338 e. The smallest absolute Gasteiger partial charge is 0.0519 e. The fourth-order valence-electron chi connectivity index (χ4n) is 13.1. The predicted octanol–water partition coefficient (Wildman–Crippen LogP) is 17.1. The van der Waals surface area contributed by atoms with E-state index in [-0.39, 0.29) is 0 Å². The predicted molar refractivity (Wildman–Crippen MR) is 294 cm³/mol. The monoisotopic (exact) mass is 918 g/mol. The highest BCUT2D eigenvalue weighted by Crippen LogP contribution is 2.51. The molecule has 11 aliphatic rings. The van der Waals surface area contributed by atoms with Crippen LogP contribution in [0.2, 0.25) is 0 Å². The summed E-state index contributed by atoms with van der Waals surface area (Å²) in [5.41, 5.74) is 20.3. The Hall–Kier alpha value is -6.32. The van der Waals surface area contributed by atoms with Crippen molar-refractivity contribution in [2.24, 2.45) is 23.7 Å². The number of allylic oxidation sites excluding steroid dienone is 33. The van der Waals surface area contributed by atoms with Gasteiger partial charge in [0.1, 0.15) is 0 Å². The molecule has 1 aromatic carbocycles. The minimum atomic E-state index is 0.309. The molecule has 0 saturated heterocycles. The zero-order valence-corrected chi connectivity index (χ0v) is 41.4. The topological polar surface area (TPSA) is 9.72 Å². The Bertz CT molecular complexity index is 2860. The summed E-state index contributed by atoms with van der Waals surface area (Å²) < 4.78 is 0. The molecule has 0 amide bonds. The maximum Gasteiger partial charge on any atom is 0.0519 e. The van der Waals surface area contributed by atoms with Gasteiger partial charge in [-0.2, -0.15) is 0 Å². The van der Waals surface area contributed by atoms with Gasteiger partial charge < -0.3 is 14.7 Å². The first-order chi connectivity index (χ1) is 34.6. The molecule has 0 fully saturated rings. The van der Waals surface area contributed by atoms with E-state index in [9.17, 15) is 0 Å². The van der Waals surface area contributed by atoms with E-state index in [4.69, 9.17) is 0 Å². The van der Waals surface area contributed by atoms with Crippen molar-refractivity contribution in [2.45, 2.75) is 122 Å². The fraction of sp³-hybridized carbons (Fsp3) is 0.343. The first kappa shape index (κ1) is 44.9. The van der Waals surface area contributed by atoms with Crippen molar-refractivity contribution in [2.75, 3.05) is 4.90 Å². The number of anilines is 1. The lowest BCUT2D eigenvalue weighted by molar-refractivity contribution is 0.318. The van der Waals surface area contributed by atoms with Gasteiger partial charge in [-0.25, -0.2) is 0 Å². The Balaban J connectivity index is 0.825. The summed E-state index contributed by atoms with van der Waals surface area (Å²) in [6.07, 6.45) is 80.3. The maximum atomic E-state index is 2.76. The van der Waals surface area contributed by atoms with Crippen molar-refractivity contribution in [3.63, 3.8) is 0 Å². The first-order valence-electron chi connectivity index (χ1n) is 27.2. The van der Waals surface area contributed by atoms with E-state index in [2.05, 4.69) is 204 Å². The maximum absolute atomic E-state index is 2.76. The van der Waals surface area contributed by atoms with E-state index in [0.29, 0.717) is 35.6 Å². The minimum Gasteiger partial charge on any atom is -0.338 e. The lowest BCUT2D eigenvalue weighted by Gasteiger charge is -2.41. The van der Waals surface area contributed by atoms with Gasteiger partial charge in [0.25, 0.3) is 0 Å². The molecule has 6 unspecified atom stereocenters. The van der Waals surface area contributed by atoms with Crippen LogP contribution < -0.4 is 4.90 Å². The first-order valence-corrected chi connectivity index (χ1v) is 27.2. The molecular formula is C67H71N3. The Labute approximate surface area is 419 Å². The van der Waals surface area contributed by atoms with E-state index in [1.54, 1.807) is 11.1 Å². The molecule has 70 heavy (non-hydrogen) atoms. The van der Waals surface area contributed by atoms with Crippen LogP contribution in [0.5, 0.6) is 0 Å². The number of hydrogen-bond donors (Lipinski definition) is 0. The average molecular weight is 918 g/mol. The van der Waals surface area contributed by atoms with Crippen LogP contribution in [-0.4, -0.2) is 15.8 Å². The van der Waals surface area contributed by atoms with Crippen LogP contribution in [0.25, 0.3) is 0 Å². The summed E-state index contributed by atoms with van der Waals surface area (Å²) in [6, 6.07) is 9.98. The van der Waals surface area contributed by atoms with Crippen LogP contribution in [0, 0.1) is 23.7 Å². The van der Waals surface area contributed by atoms with Crippen LogP contribution in [0.1, 0.15) is 121 Å². The molecule has 0 saturated carbocycles. The number of hydrogen-bond acceptors (Lipinski definition) is 3. The standard InChI is InChI=1S/C67H71N3/c1-48-22-45-66-65(46-48)64-44-43-63(47-67(64)70(66)57-20-12-5-13-21-57)69(61-39-27-54(28-40-61)51-18-10-4-11-19-51)62-41-31-56(32-42-62)55-29-37-60(38-30-55)68(58-33-23-52(24-34-58)49-14-6-2-7-15-49)59-35-25-53(26-36-59)50-16-8-3-9-17-50/h2,4-6,8,10-12,14,16-18,20,22-23,25,27,29-31,33,35-39,41,43,45,47-48,51,53,56,62,64H,3,7,9,13,15,19,21,24,26,28,32,34,40,42,44,46H2,1H3. The van der Waals surface area contributed by atoms with E-state index in [0.717, 1.165) is 103 Å². The Morgan fingerprint density at radius 1 is 0.557 bits per heavy atom. The van der Waals surface area contributed by atoms with Crippen LogP contribution >= 0.6 is 0 Å². The summed E-state index contributed by atoms with van der Waals surface area (Å²) in [5.74, 6) is 2.43. The molecule has 12 rings (SSSR count). The Kier molecular flexibility index (Phi) is 12.9. The van der Waals surface area contributed by atoms with Gasteiger partial charge in [0.2, 0.25) is 0 Å². The number of rotatable bonds is 11. The normalized spacial score (nSPS) is 28.9. The van der Waals surface area contributed by atoms with Crippen molar-refractivity contribution in [3.8, 4) is 0 Å². The second-order valence-corrected chi connectivity index (χ2v) is 21.4. The highest BCUT2D eigenvalue weighted by Gasteiger charge is 2.41. The molecule has 3 heteroatoms. The van der Waals surface area contributed by atoms with Gasteiger partial charge >= 0.3 is 0 Å². The molecule has 0 radical (unpaired) electrons. The molecule has 10 aliphatic carbocycles. The van der Waals surface area contributed by atoms with Gasteiger partial charge in [0, 0.05) is 69.2 Å². The third kappa shape index (κ3) is 9.13. The van der Waals surface area contributed by atoms with E-state index in [1.165, 1.54) is 67.8 Å². The van der Waals surface area contributed by atoms with Crippen molar-refractivity contribution in [1.29, 1.82) is 0 Å². The molecule has 354 valence electrons. The molecule has 6 atom stereocenters. The van der Waals surface area contributed by atoms with Gasteiger partial charge in [0.05, 0.1) is 6.04 Å². The lowest BCUT2D eigenvalue weighted by atomic mass is 9.82. The van der Waals surface area contributed by atoms with Crippen LogP contribution in [0.4, 0.5) is 5.69 Å². The quantitative estimate of drug-likeness (QED) is 0.205. The fourth-order valence-corrected chi connectivity index (χ4v) is 13.1. The SMILES string of the molecule is CC1C=CC2=C(C1)C1CC=C(N(C3=CC=C(C4C=CC=CC4)CC3)C3C=CC(c4ccc(N(C5=CCC(C6=CCCC=C6)C=C5)C5=CC=C(C6=CC=CCC6)CC5)cc4)CC3)C=C1N2C1=CC=CCC1. The molecule has 0 bridgehead atoms. The molecule has 0 aromatic heterocycles. The molecule has 3 nitrogen and oxygen atoms in total. The average Bonchev–Trinajstić information content (AvgIpc) is 3.75. The van der Waals surface area contributed by atoms with Crippen molar-refractivity contribution < 1.29 is 0 Å². The number of fused-ring (bicyclic) bond motifs is 2. The van der Waals surface area contributed by atoms with Gasteiger partial charge in [-0.3, -0.25) is 0 Å². The Morgan fingerprint density at radius 3 is 2.13 bits per heavy atom. The van der Waals surface area contributed by atoms with Crippen molar-refractivity contribution in [3.05, 3.63) is 256 Å².